The number of nitrogens with zero attached hydrogens (tertiary/aromatic N) is 1. The van der Waals surface area contributed by atoms with E-state index in [1.165, 1.54) is 0 Å². The summed E-state index contributed by atoms with van der Waals surface area (Å²) in [6.45, 7) is 0.842. The molecule has 1 aliphatic carbocycles. The molecule has 0 spiro atoms. The van der Waals surface area contributed by atoms with Gasteiger partial charge in [0.05, 0.1) is 20.3 Å². The van der Waals surface area contributed by atoms with Gasteiger partial charge in [0.25, 0.3) is 0 Å². The number of methoxy groups -OCH3 is 2. The normalized spacial score (nSPS) is 23.3. The zero-order valence-electron chi connectivity index (χ0n) is 14.0. The average Bonchev–Trinajstić information content (AvgIpc) is 3.25. The molecule has 2 atom stereocenters. The van der Waals surface area contributed by atoms with Crippen molar-refractivity contribution in [3.63, 3.8) is 0 Å². The van der Waals surface area contributed by atoms with Crippen molar-refractivity contribution in [3.8, 4) is 11.5 Å². The van der Waals surface area contributed by atoms with Gasteiger partial charge in [-0.05, 0) is 43.7 Å². The maximum Gasteiger partial charge on any atom is 0.223 e. The Balaban J connectivity index is 1.78. The van der Waals surface area contributed by atoms with Crippen LogP contribution in [-0.4, -0.2) is 31.6 Å². The van der Waals surface area contributed by atoms with E-state index < -0.39 is 0 Å². The summed E-state index contributed by atoms with van der Waals surface area (Å²) in [5, 5.41) is 0. The highest BCUT2D eigenvalue weighted by atomic mass is 16.5. The number of ether oxygens (including phenoxy) is 2. The molecule has 1 saturated heterocycles. The van der Waals surface area contributed by atoms with Gasteiger partial charge >= 0.3 is 0 Å². The van der Waals surface area contributed by atoms with E-state index in [4.69, 9.17) is 9.47 Å². The van der Waals surface area contributed by atoms with E-state index in [1.54, 1.807) is 14.2 Å². The van der Waals surface area contributed by atoms with Crippen LogP contribution in [0.4, 0.5) is 0 Å². The van der Waals surface area contributed by atoms with Crippen molar-refractivity contribution in [3.05, 3.63) is 35.9 Å². The molecule has 124 valence electrons. The topological polar surface area (TPSA) is 38.8 Å². The molecule has 1 aromatic rings. The van der Waals surface area contributed by atoms with E-state index in [1.807, 2.05) is 23.1 Å². The number of hydrogen-bond acceptors (Lipinski definition) is 3. The summed E-state index contributed by atoms with van der Waals surface area (Å²) >= 11 is 0. The van der Waals surface area contributed by atoms with Crippen molar-refractivity contribution in [1.29, 1.82) is 0 Å². The van der Waals surface area contributed by atoms with Crippen LogP contribution >= 0.6 is 0 Å². The third-order valence-corrected chi connectivity index (χ3v) is 4.92. The first kappa shape index (κ1) is 15.9. The van der Waals surface area contributed by atoms with Crippen molar-refractivity contribution >= 4 is 5.91 Å². The molecule has 0 radical (unpaired) electrons. The lowest BCUT2D eigenvalue weighted by Crippen LogP contribution is -2.31. The van der Waals surface area contributed by atoms with Crippen LogP contribution < -0.4 is 9.47 Å². The van der Waals surface area contributed by atoms with E-state index in [9.17, 15) is 4.79 Å². The van der Waals surface area contributed by atoms with Crippen LogP contribution in [-0.2, 0) is 4.79 Å². The first-order chi connectivity index (χ1) is 11.2. The number of carbonyl (C=O) groups excluding carboxylic acids is 1. The van der Waals surface area contributed by atoms with Crippen LogP contribution in [0, 0.1) is 5.92 Å². The van der Waals surface area contributed by atoms with Crippen molar-refractivity contribution < 1.29 is 14.3 Å². The zero-order chi connectivity index (χ0) is 16.2. The minimum atomic E-state index is 0.119. The summed E-state index contributed by atoms with van der Waals surface area (Å²) < 4.78 is 10.8. The van der Waals surface area contributed by atoms with Gasteiger partial charge in [-0.1, -0.05) is 12.2 Å². The number of amides is 1. The summed E-state index contributed by atoms with van der Waals surface area (Å²) in [5.41, 5.74) is 1.08. The van der Waals surface area contributed by atoms with Crippen LogP contribution in [0.15, 0.2) is 30.4 Å². The molecule has 0 unspecified atom stereocenters. The van der Waals surface area contributed by atoms with Gasteiger partial charge in [-0.2, -0.15) is 0 Å². The molecule has 2 aliphatic rings. The third-order valence-electron chi connectivity index (χ3n) is 4.92. The summed E-state index contributed by atoms with van der Waals surface area (Å²) in [6.07, 6.45) is 9.26. The first-order valence-corrected chi connectivity index (χ1v) is 8.41. The highest BCUT2D eigenvalue weighted by molar-refractivity contribution is 5.77. The lowest BCUT2D eigenvalue weighted by molar-refractivity contribution is -0.132. The summed E-state index contributed by atoms with van der Waals surface area (Å²) in [7, 11) is 3.32. The number of benzene rings is 1. The molecule has 1 amide bonds. The number of carbonyl (C=O) groups is 1. The number of rotatable bonds is 5. The smallest absolute Gasteiger partial charge is 0.223 e. The lowest BCUT2D eigenvalue weighted by atomic mass is 10.0. The molecule has 1 heterocycles. The fraction of sp³-hybridized carbons (Fsp3) is 0.526. The monoisotopic (exact) mass is 315 g/mol. The summed E-state index contributed by atoms with van der Waals surface area (Å²) in [5.74, 6) is 2.26. The summed E-state index contributed by atoms with van der Waals surface area (Å²) in [6, 6.07) is 5.99. The standard InChI is InChI=1S/C19H25NO3/c1-22-15-9-10-16(18(13-15)23-2)17-8-5-11-20(17)19(21)12-14-6-3-4-7-14/h3,6,9-10,13-14,17H,4-5,7-8,11-12H2,1-2H3/t14-,17-/m1/s1. The second-order valence-corrected chi connectivity index (χ2v) is 6.32. The van der Waals surface area contributed by atoms with Crippen LogP contribution in [0.1, 0.15) is 43.7 Å². The van der Waals surface area contributed by atoms with Crippen molar-refractivity contribution in [2.45, 2.75) is 38.1 Å². The quantitative estimate of drug-likeness (QED) is 0.777. The number of likely N-dealkylation sites (tertiary alicyclic amines) is 1. The predicted octanol–water partition coefficient (Wildman–Crippen LogP) is 3.72. The van der Waals surface area contributed by atoms with E-state index in [0.29, 0.717) is 12.3 Å². The number of allylic oxidation sites excluding steroid dienone is 2. The Morgan fingerprint density at radius 2 is 2.13 bits per heavy atom. The minimum Gasteiger partial charge on any atom is -0.497 e. The summed E-state index contributed by atoms with van der Waals surface area (Å²) in [4.78, 5) is 14.8. The molecule has 23 heavy (non-hydrogen) atoms. The molecule has 4 nitrogen and oxygen atoms in total. The van der Waals surface area contributed by atoms with E-state index in [2.05, 4.69) is 12.2 Å². The molecule has 1 aromatic carbocycles. The van der Waals surface area contributed by atoms with Crippen LogP contribution in [0.3, 0.4) is 0 Å². The Morgan fingerprint density at radius 1 is 1.26 bits per heavy atom. The van der Waals surface area contributed by atoms with Gasteiger partial charge in [-0.25, -0.2) is 0 Å². The molecule has 1 fully saturated rings. The van der Waals surface area contributed by atoms with E-state index in [-0.39, 0.29) is 11.9 Å². The van der Waals surface area contributed by atoms with Gasteiger partial charge in [-0.3, -0.25) is 4.79 Å². The fourth-order valence-corrected chi connectivity index (χ4v) is 3.69. The van der Waals surface area contributed by atoms with Crippen LogP contribution in [0.5, 0.6) is 11.5 Å². The van der Waals surface area contributed by atoms with E-state index >= 15 is 0 Å². The van der Waals surface area contributed by atoms with Crippen molar-refractivity contribution in [1.82, 2.24) is 4.90 Å². The molecule has 0 bridgehead atoms. The first-order valence-electron chi connectivity index (χ1n) is 8.41. The molecule has 3 rings (SSSR count). The second-order valence-electron chi connectivity index (χ2n) is 6.32. The molecule has 1 aliphatic heterocycles. The largest absolute Gasteiger partial charge is 0.497 e. The maximum atomic E-state index is 12.7. The second kappa shape index (κ2) is 7.07. The van der Waals surface area contributed by atoms with E-state index in [0.717, 1.165) is 49.3 Å². The fourth-order valence-electron chi connectivity index (χ4n) is 3.69. The van der Waals surface area contributed by atoms with Gasteiger partial charge < -0.3 is 14.4 Å². The Kier molecular flexibility index (Phi) is 4.89. The Bertz CT molecular complexity index is 596. The average molecular weight is 315 g/mol. The van der Waals surface area contributed by atoms with Gasteiger partial charge in [-0.15, -0.1) is 0 Å². The highest BCUT2D eigenvalue weighted by Gasteiger charge is 2.32. The van der Waals surface area contributed by atoms with Crippen LogP contribution in [0.2, 0.25) is 0 Å². The third kappa shape index (κ3) is 3.36. The molecular formula is C19H25NO3. The van der Waals surface area contributed by atoms with Gasteiger partial charge in [0.15, 0.2) is 0 Å². The molecule has 0 saturated carbocycles. The lowest BCUT2D eigenvalue weighted by Gasteiger charge is -2.27. The highest BCUT2D eigenvalue weighted by Crippen LogP contribution is 2.39. The van der Waals surface area contributed by atoms with Crippen LogP contribution in [0.25, 0.3) is 0 Å². The number of hydrogen-bond donors (Lipinski definition) is 0. The van der Waals surface area contributed by atoms with Gasteiger partial charge in [0.2, 0.25) is 5.91 Å². The zero-order valence-corrected chi connectivity index (χ0v) is 14.0. The molecule has 4 heteroatoms. The predicted molar refractivity (Wildman–Crippen MR) is 89.7 cm³/mol. The van der Waals surface area contributed by atoms with Gasteiger partial charge in [0, 0.05) is 24.6 Å². The molecular weight excluding hydrogens is 290 g/mol. The maximum absolute atomic E-state index is 12.7. The Hall–Kier alpha value is -1.97. The Labute approximate surface area is 138 Å². The van der Waals surface area contributed by atoms with Gasteiger partial charge in [0.1, 0.15) is 11.5 Å². The SMILES string of the molecule is COc1ccc([C@H]2CCCN2C(=O)C[C@@H]2C=CCC2)c(OC)c1. The molecule has 0 N–H and O–H groups in total. The van der Waals surface area contributed by atoms with Crippen molar-refractivity contribution in [2.24, 2.45) is 5.92 Å². The van der Waals surface area contributed by atoms with Crippen molar-refractivity contribution in [2.75, 3.05) is 20.8 Å². The molecule has 0 aromatic heterocycles. The minimum absolute atomic E-state index is 0.119. The Morgan fingerprint density at radius 3 is 2.83 bits per heavy atom.